The molecule has 2 aromatic carbocycles. The smallest absolute Gasteiger partial charge is 0.263 e. The molecule has 1 fully saturated rings. The van der Waals surface area contributed by atoms with Gasteiger partial charge in [-0.1, -0.05) is 41.4 Å². The number of anilines is 1. The molecule has 0 spiro atoms. The van der Waals surface area contributed by atoms with Crippen LogP contribution < -0.4 is 9.46 Å². The molecule has 1 N–H and O–H groups in total. The number of amides is 1. The quantitative estimate of drug-likeness (QED) is 0.444. The largest absolute Gasteiger partial charge is 0.479 e. The van der Waals surface area contributed by atoms with E-state index in [1.807, 2.05) is 0 Å². The fourth-order valence-corrected chi connectivity index (χ4v) is 5.80. The van der Waals surface area contributed by atoms with Gasteiger partial charge in [-0.25, -0.2) is 13.4 Å². The van der Waals surface area contributed by atoms with Crippen molar-refractivity contribution in [1.82, 2.24) is 14.8 Å². The maximum absolute atomic E-state index is 12.8. The monoisotopic (exact) mass is 554 g/mol. The van der Waals surface area contributed by atoms with E-state index in [4.69, 9.17) is 27.9 Å². The van der Waals surface area contributed by atoms with E-state index in [2.05, 4.69) is 14.6 Å². The zero-order chi connectivity index (χ0) is 25.0. The lowest BCUT2D eigenvalue weighted by Crippen LogP contribution is -2.51. The lowest BCUT2D eigenvalue weighted by molar-refractivity contribution is -0.139. The highest BCUT2D eigenvalue weighted by Gasteiger charge is 2.27. The second kappa shape index (κ2) is 11.1. The fraction of sp³-hybridized carbons (Fsp3) is 0.304. The van der Waals surface area contributed by atoms with Gasteiger partial charge in [0.25, 0.3) is 15.9 Å². The molecule has 0 radical (unpaired) electrons. The normalized spacial score (nSPS) is 15.6. The first-order chi connectivity index (χ1) is 16.7. The van der Waals surface area contributed by atoms with E-state index in [0.29, 0.717) is 48.6 Å². The number of benzene rings is 2. The van der Waals surface area contributed by atoms with Gasteiger partial charge >= 0.3 is 0 Å². The number of carbonyl (C=O) groups excluding carboxylic acids is 1. The average molecular weight is 556 g/mol. The van der Waals surface area contributed by atoms with Crippen LogP contribution in [0.2, 0.25) is 10.0 Å². The van der Waals surface area contributed by atoms with E-state index in [1.165, 1.54) is 11.3 Å². The zero-order valence-electron chi connectivity index (χ0n) is 18.9. The summed E-state index contributed by atoms with van der Waals surface area (Å²) in [4.78, 5) is 21.0. The van der Waals surface area contributed by atoms with Crippen LogP contribution in [0.4, 0.5) is 5.13 Å². The molecule has 0 bridgehead atoms. The Bertz CT molecular complexity index is 1260. The molecule has 1 amide bonds. The molecule has 0 aliphatic carbocycles. The summed E-state index contributed by atoms with van der Waals surface area (Å²) < 4.78 is 33.2. The Morgan fingerprint density at radius 3 is 2.51 bits per heavy atom. The number of hydrogen-bond donors (Lipinski definition) is 1. The highest BCUT2D eigenvalue weighted by atomic mass is 35.5. The van der Waals surface area contributed by atoms with Crippen molar-refractivity contribution in [1.29, 1.82) is 0 Å². The topological polar surface area (TPSA) is 91.8 Å². The summed E-state index contributed by atoms with van der Waals surface area (Å²) in [7, 11) is -3.67. The van der Waals surface area contributed by atoms with Gasteiger partial charge in [0.2, 0.25) is 0 Å². The number of hydrogen-bond acceptors (Lipinski definition) is 7. The first kappa shape index (κ1) is 25.7. The van der Waals surface area contributed by atoms with Crippen molar-refractivity contribution in [2.45, 2.75) is 24.5 Å². The molecule has 12 heteroatoms. The van der Waals surface area contributed by atoms with Crippen LogP contribution in [0, 0.1) is 0 Å². The molecule has 186 valence electrons. The summed E-state index contributed by atoms with van der Waals surface area (Å²) in [6, 6.07) is 11.8. The summed E-state index contributed by atoms with van der Waals surface area (Å²) in [5.74, 6) is 0.272. The predicted molar refractivity (Wildman–Crippen MR) is 138 cm³/mol. The van der Waals surface area contributed by atoms with Crippen molar-refractivity contribution in [3.8, 4) is 5.75 Å². The maximum Gasteiger partial charge on any atom is 0.263 e. The molecule has 1 atom stereocenters. The molecule has 35 heavy (non-hydrogen) atoms. The highest BCUT2D eigenvalue weighted by Crippen LogP contribution is 2.32. The fourth-order valence-electron chi connectivity index (χ4n) is 3.68. The summed E-state index contributed by atoms with van der Waals surface area (Å²) in [6.07, 6.45) is 0.853. The van der Waals surface area contributed by atoms with Crippen LogP contribution >= 0.6 is 34.5 Å². The number of aromatic nitrogens is 1. The molecule has 1 aromatic heterocycles. The predicted octanol–water partition coefficient (Wildman–Crippen LogP) is 4.36. The van der Waals surface area contributed by atoms with Gasteiger partial charge in [0, 0.05) is 44.3 Å². The molecular formula is C23H24Cl2N4O4S2. The number of carbonyl (C=O) groups is 1. The molecule has 1 aliphatic rings. The standard InChI is InChI=1S/C23H24Cl2N4O4S2/c1-16(33-20-4-2-3-19(24)21(20)25)22(30)29-12-10-28(11-13-29)15-17-5-7-18(8-6-17)35(31,32)27-23-26-9-14-34-23/h2-9,14,16H,10-13,15H2,1H3,(H,26,27)/t16-/m1/s1. The second-order valence-electron chi connectivity index (χ2n) is 8.00. The second-order valence-corrected chi connectivity index (χ2v) is 11.4. The molecule has 4 rings (SSSR count). The van der Waals surface area contributed by atoms with Crippen LogP contribution in [0.15, 0.2) is 58.9 Å². The van der Waals surface area contributed by atoms with Crippen LogP contribution in [-0.2, 0) is 21.4 Å². The lowest BCUT2D eigenvalue weighted by Gasteiger charge is -2.36. The van der Waals surface area contributed by atoms with Crippen molar-refractivity contribution in [3.05, 3.63) is 69.7 Å². The first-order valence-electron chi connectivity index (χ1n) is 10.9. The molecule has 8 nitrogen and oxygen atoms in total. The minimum atomic E-state index is -3.67. The van der Waals surface area contributed by atoms with E-state index in [-0.39, 0.29) is 15.8 Å². The van der Waals surface area contributed by atoms with Gasteiger partial charge in [-0.2, -0.15) is 0 Å². The van der Waals surface area contributed by atoms with Crippen molar-refractivity contribution in [2.75, 3.05) is 30.9 Å². The number of ether oxygens (including phenoxy) is 1. The third-order valence-electron chi connectivity index (χ3n) is 5.55. The summed E-state index contributed by atoms with van der Waals surface area (Å²) in [6.45, 7) is 4.89. The Balaban J connectivity index is 1.28. The van der Waals surface area contributed by atoms with Crippen molar-refractivity contribution < 1.29 is 17.9 Å². The molecule has 1 aliphatic heterocycles. The molecule has 3 aromatic rings. The molecule has 2 heterocycles. The minimum Gasteiger partial charge on any atom is -0.479 e. The Morgan fingerprint density at radius 1 is 1.14 bits per heavy atom. The van der Waals surface area contributed by atoms with E-state index in [1.54, 1.807) is 65.9 Å². The highest BCUT2D eigenvalue weighted by molar-refractivity contribution is 7.93. The summed E-state index contributed by atoms with van der Waals surface area (Å²) in [5.41, 5.74) is 0.991. The van der Waals surface area contributed by atoms with E-state index < -0.39 is 16.1 Å². The molecule has 1 saturated heterocycles. The van der Waals surface area contributed by atoms with E-state index in [9.17, 15) is 13.2 Å². The van der Waals surface area contributed by atoms with Gasteiger partial charge in [-0.3, -0.25) is 14.4 Å². The third-order valence-corrected chi connectivity index (χ3v) is 8.52. The van der Waals surface area contributed by atoms with E-state index >= 15 is 0 Å². The maximum atomic E-state index is 12.8. The summed E-state index contributed by atoms with van der Waals surface area (Å²) in [5, 5.41) is 2.70. The molecular weight excluding hydrogens is 531 g/mol. The van der Waals surface area contributed by atoms with Gasteiger partial charge in [0.1, 0.15) is 10.8 Å². The van der Waals surface area contributed by atoms with E-state index in [0.717, 1.165) is 5.56 Å². The van der Waals surface area contributed by atoms with Gasteiger partial charge < -0.3 is 9.64 Å². The Morgan fingerprint density at radius 2 is 1.86 bits per heavy atom. The van der Waals surface area contributed by atoms with Crippen molar-refractivity contribution in [3.63, 3.8) is 0 Å². The number of rotatable bonds is 8. The average Bonchev–Trinajstić information content (AvgIpc) is 3.35. The number of halogens is 2. The SMILES string of the molecule is C[C@@H](Oc1cccc(Cl)c1Cl)C(=O)N1CCN(Cc2ccc(S(=O)(=O)Nc3nccs3)cc2)CC1. The number of piperazine rings is 1. The van der Waals surface area contributed by atoms with Crippen molar-refractivity contribution in [2.24, 2.45) is 0 Å². The van der Waals surface area contributed by atoms with Crippen LogP contribution in [0.3, 0.4) is 0 Å². The van der Waals surface area contributed by atoms with Crippen LogP contribution in [0.1, 0.15) is 12.5 Å². The number of nitrogens with one attached hydrogen (secondary N) is 1. The Kier molecular flexibility index (Phi) is 8.18. The molecule has 0 saturated carbocycles. The number of sulfonamides is 1. The number of thiazole rings is 1. The Hall–Kier alpha value is -2.37. The molecule has 0 unspecified atom stereocenters. The minimum absolute atomic E-state index is 0.108. The lowest BCUT2D eigenvalue weighted by atomic mass is 10.2. The third kappa shape index (κ3) is 6.45. The number of nitrogens with zero attached hydrogens (tertiary/aromatic N) is 3. The van der Waals surface area contributed by atoms with Gasteiger partial charge in [-0.15, -0.1) is 11.3 Å². The zero-order valence-corrected chi connectivity index (χ0v) is 22.0. The van der Waals surface area contributed by atoms with Gasteiger partial charge in [-0.05, 0) is 36.8 Å². The first-order valence-corrected chi connectivity index (χ1v) is 14.0. The van der Waals surface area contributed by atoms with Crippen LogP contribution in [-0.4, -0.2) is 61.4 Å². The van der Waals surface area contributed by atoms with Crippen molar-refractivity contribution >= 4 is 55.6 Å². The van der Waals surface area contributed by atoms with Crippen LogP contribution in [0.5, 0.6) is 5.75 Å². The summed E-state index contributed by atoms with van der Waals surface area (Å²) >= 11 is 13.4. The van der Waals surface area contributed by atoms with Gasteiger partial charge in [0.05, 0.1) is 9.92 Å². The Labute approximate surface area is 218 Å². The van der Waals surface area contributed by atoms with Gasteiger partial charge in [0.15, 0.2) is 11.2 Å². The van der Waals surface area contributed by atoms with Crippen LogP contribution in [0.25, 0.3) is 0 Å².